The highest BCUT2D eigenvalue weighted by atomic mass is 35.5. The SMILES string of the molecule is CC(COCc1ccccc1)NC(=O)[C@@H](C)N.Cl. The van der Waals surface area contributed by atoms with Crippen LogP contribution in [0.5, 0.6) is 0 Å². The molecule has 1 amide bonds. The summed E-state index contributed by atoms with van der Waals surface area (Å²) in [5.74, 6) is -0.152. The molecule has 3 N–H and O–H groups in total. The normalized spacial score (nSPS) is 13.3. The van der Waals surface area contributed by atoms with Gasteiger partial charge in [-0.2, -0.15) is 0 Å². The fourth-order valence-electron chi connectivity index (χ4n) is 1.34. The third-order valence-corrected chi connectivity index (χ3v) is 2.28. The van der Waals surface area contributed by atoms with E-state index in [1.807, 2.05) is 37.3 Å². The molecule has 1 aromatic rings. The summed E-state index contributed by atoms with van der Waals surface area (Å²) in [5, 5.41) is 2.78. The van der Waals surface area contributed by atoms with Crippen LogP contribution in [-0.2, 0) is 16.1 Å². The highest BCUT2D eigenvalue weighted by Crippen LogP contribution is 2.00. The summed E-state index contributed by atoms with van der Waals surface area (Å²) in [5.41, 5.74) is 6.57. The van der Waals surface area contributed by atoms with E-state index in [1.165, 1.54) is 0 Å². The van der Waals surface area contributed by atoms with Crippen molar-refractivity contribution in [1.82, 2.24) is 5.32 Å². The van der Waals surface area contributed by atoms with Gasteiger partial charge in [-0.1, -0.05) is 30.3 Å². The summed E-state index contributed by atoms with van der Waals surface area (Å²) in [4.78, 5) is 11.3. The second kappa shape index (κ2) is 8.91. The van der Waals surface area contributed by atoms with Gasteiger partial charge in [-0.3, -0.25) is 4.79 Å². The summed E-state index contributed by atoms with van der Waals surface area (Å²) in [6, 6.07) is 9.41. The van der Waals surface area contributed by atoms with Crippen molar-refractivity contribution in [2.24, 2.45) is 5.73 Å². The first-order valence-electron chi connectivity index (χ1n) is 5.77. The van der Waals surface area contributed by atoms with Crippen LogP contribution in [0.25, 0.3) is 0 Å². The van der Waals surface area contributed by atoms with Crippen molar-refractivity contribution in [3.05, 3.63) is 35.9 Å². The third-order valence-electron chi connectivity index (χ3n) is 2.28. The molecular weight excluding hydrogens is 252 g/mol. The first kappa shape index (κ1) is 16.9. The number of carbonyl (C=O) groups is 1. The second-order valence-corrected chi connectivity index (χ2v) is 4.20. The van der Waals surface area contributed by atoms with E-state index in [9.17, 15) is 4.79 Å². The molecule has 1 rings (SSSR count). The maximum absolute atomic E-state index is 11.3. The summed E-state index contributed by atoms with van der Waals surface area (Å²) in [7, 11) is 0. The van der Waals surface area contributed by atoms with Gasteiger partial charge in [-0.15, -0.1) is 12.4 Å². The number of amides is 1. The minimum Gasteiger partial charge on any atom is -0.375 e. The third kappa shape index (κ3) is 6.59. The number of nitrogens with one attached hydrogen (secondary N) is 1. The predicted octanol–water partition coefficient (Wildman–Crippen LogP) is 1.48. The van der Waals surface area contributed by atoms with Crippen molar-refractivity contribution in [2.45, 2.75) is 32.5 Å². The van der Waals surface area contributed by atoms with Gasteiger partial charge in [0, 0.05) is 6.04 Å². The van der Waals surface area contributed by atoms with Crippen molar-refractivity contribution >= 4 is 18.3 Å². The van der Waals surface area contributed by atoms with Crippen LogP contribution in [0.1, 0.15) is 19.4 Å². The molecule has 0 bridgehead atoms. The first-order valence-corrected chi connectivity index (χ1v) is 5.77. The molecule has 0 saturated carbocycles. The Labute approximate surface area is 114 Å². The van der Waals surface area contributed by atoms with Crippen molar-refractivity contribution in [3.63, 3.8) is 0 Å². The Morgan fingerprint density at radius 3 is 2.50 bits per heavy atom. The quantitative estimate of drug-likeness (QED) is 0.824. The molecule has 2 atom stereocenters. The van der Waals surface area contributed by atoms with E-state index in [0.29, 0.717) is 13.2 Å². The molecule has 5 heteroatoms. The fourth-order valence-corrected chi connectivity index (χ4v) is 1.34. The topological polar surface area (TPSA) is 64.3 Å². The molecule has 0 aliphatic heterocycles. The Hall–Kier alpha value is -1.10. The van der Waals surface area contributed by atoms with Crippen LogP contribution in [0.2, 0.25) is 0 Å². The van der Waals surface area contributed by atoms with Crippen LogP contribution < -0.4 is 11.1 Å². The zero-order chi connectivity index (χ0) is 12.7. The Morgan fingerprint density at radius 2 is 1.94 bits per heavy atom. The van der Waals surface area contributed by atoms with Crippen molar-refractivity contribution in [3.8, 4) is 0 Å². The monoisotopic (exact) mass is 272 g/mol. The fraction of sp³-hybridized carbons (Fsp3) is 0.462. The Kier molecular flexibility index (Phi) is 8.37. The van der Waals surface area contributed by atoms with Crippen LogP contribution in [0, 0.1) is 0 Å². The van der Waals surface area contributed by atoms with Gasteiger partial charge in [0.15, 0.2) is 0 Å². The van der Waals surface area contributed by atoms with E-state index in [4.69, 9.17) is 10.5 Å². The van der Waals surface area contributed by atoms with Gasteiger partial charge in [-0.05, 0) is 19.4 Å². The van der Waals surface area contributed by atoms with E-state index in [2.05, 4.69) is 5.32 Å². The molecule has 4 nitrogen and oxygen atoms in total. The second-order valence-electron chi connectivity index (χ2n) is 4.20. The predicted molar refractivity (Wildman–Crippen MR) is 74.6 cm³/mol. The largest absolute Gasteiger partial charge is 0.375 e. The number of benzene rings is 1. The van der Waals surface area contributed by atoms with Crippen LogP contribution in [0.15, 0.2) is 30.3 Å². The van der Waals surface area contributed by atoms with Gasteiger partial charge in [-0.25, -0.2) is 0 Å². The molecule has 0 aliphatic carbocycles. The molecule has 0 spiro atoms. The molecular formula is C13H21ClN2O2. The number of nitrogens with two attached hydrogens (primary N) is 1. The number of halogens is 1. The molecule has 0 aliphatic rings. The molecule has 0 saturated heterocycles. The molecule has 0 radical (unpaired) electrons. The summed E-state index contributed by atoms with van der Waals surface area (Å²) < 4.78 is 5.51. The van der Waals surface area contributed by atoms with Gasteiger partial charge in [0.25, 0.3) is 0 Å². The lowest BCUT2D eigenvalue weighted by Gasteiger charge is -2.15. The highest BCUT2D eigenvalue weighted by molar-refractivity contribution is 5.85. The molecule has 0 aromatic heterocycles. The number of rotatable bonds is 6. The van der Waals surface area contributed by atoms with Gasteiger partial charge in [0.05, 0.1) is 19.3 Å². The average Bonchev–Trinajstić information content (AvgIpc) is 2.30. The van der Waals surface area contributed by atoms with Crippen LogP contribution in [0.3, 0.4) is 0 Å². The summed E-state index contributed by atoms with van der Waals surface area (Å²) in [6.07, 6.45) is 0. The van der Waals surface area contributed by atoms with E-state index in [1.54, 1.807) is 6.92 Å². The Bertz CT molecular complexity index is 344. The maximum atomic E-state index is 11.3. The first-order chi connectivity index (χ1) is 8.09. The standard InChI is InChI=1S/C13H20N2O2.ClH/c1-10(15-13(16)11(2)14)8-17-9-12-6-4-3-5-7-12;/h3-7,10-11H,8-9,14H2,1-2H3,(H,15,16);1H/t10?,11-;/m1./s1. The van der Waals surface area contributed by atoms with E-state index >= 15 is 0 Å². The summed E-state index contributed by atoms with van der Waals surface area (Å²) in [6.45, 7) is 4.59. The number of hydrogen-bond donors (Lipinski definition) is 2. The number of hydrogen-bond acceptors (Lipinski definition) is 3. The van der Waals surface area contributed by atoms with Crippen LogP contribution in [-0.4, -0.2) is 24.6 Å². The van der Waals surface area contributed by atoms with Crippen molar-refractivity contribution in [2.75, 3.05) is 6.61 Å². The number of carbonyl (C=O) groups excluding carboxylic acids is 1. The van der Waals surface area contributed by atoms with Crippen molar-refractivity contribution in [1.29, 1.82) is 0 Å². The average molecular weight is 273 g/mol. The molecule has 1 unspecified atom stereocenters. The van der Waals surface area contributed by atoms with Crippen LogP contribution >= 0.6 is 12.4 Å². The Balaban J connectivity index is 0.00000289. The minimum absolute atomic E-state index is 0. The smallest absolute Gasteiger partial charge is 0.236 e. The minimum atomic E-state index is -0.480. The van der Waals surface area contributed by atoms with E-state index in [0.717, 1.165) is 5.56 Å². The highest BCUT2D eigenvalue weighted by Gasteiger charge is 2.10. The molecule has 0 heterocycles. The van der Waals surface area contributed by atoms with Gasteiger partial charge < -0.3 is 15.8 Å². The zero-order valence-corrected chi connectivity index (χ0v) is 11.6. The zero-order valence-electron chi connectivity index (χ0n) is 10.8. The van der Waals surface area contributed by atoms with Crippen LogP contribution in [0.4, 0.5) is 0 Å². The van der Waals surface area contributed by atoms with Gasteiger partial charge >= 0.3 is 0 Å². The van der Waals surface area contributed by atoms with E-state index < -0.39 is 6.04 Å². The molecule has 0 fully saturated rings. The van der Waals surface area contributed by atoms with E-state index in [-0.39, 0.29) is 24.4 Å². The molecule has 1 aromatic carbocycles. The Morgan fingerprint density at radius 1 is 1.33 bits per heavy atom. The molecule has 18 heavy (non-hydrogen) atoms. The maximum Gasteiger partial charge on any atom is 0.236 e. The number of ether oxygens (including phenoxy) is 1. The van der Waals surface area contributed by atoms with Gasteiger partial charge in [0.1, 0.15) is 0 Å². The summed E-state index contributed by atoms with van der Waals surface area (Å²) >= 11 is 0. The lowest BCUT2D eigenvalue weighted by Crippen LogP contribution is -2.44. The lowest BCUT2D eigenvalue weighted by atomic mass is 10.2. The van der Waals surface area contributed by atoms with Gasteiger partial charge in [0.2, 0.25) is 5.91 Å². The van der Waals surface area contributed by atoms with Crippen molar-refractivity contribution < 1.29 is 9.53 Å². The lowest BCUT2D eigenvalue weighted by molar-refractivity contribution is -0.123. The molecule has 102 valence electrons.